The Bertz CT molecular complexity index is 666. The molecular formula is C16H15N3O2. The minimum atomic E-state index is -0.260. The van der Waals surface area contributed by atoms with E-state index in [1.807, 2.05) is 0 Å². The molecule has 1 heterocycles. The van der Waals surface area contributed by atoms with E-state index in [-0.39, 0.29) is 17.9 Å². The van der Waals surface area contributed by atoms with Gasteiger partial charge in [-0.15, -0.1) is 0 Å². The number of para-hydroxylation sites is 1. The predicted octanol–water partition coefficient (Wildman–Crippen LogP) is 2.23. The third-order valence-corrected chi connectivity index (χ3v) is 3.27. The van der Waals surface area contributed by atoms with Gasteiger partial charge in [-0.3, -0.25) is 14.6 Å². The maximum absolute atomic E-state index is 12.2. The Balaban J connectivity index is 1.78. The summed E-state index contributed by atoms with van der Waals surface area (Å²) >= 11 is 0. The number of nitrogens with one attached hydrogen (secondary N) is 2. The van der Waals surface area contributed by atoms with Gasteiger partial charge in [0.1, 0.15) is 0 Å². The summed E-state index contributed by atoms with van der Waals surface area (Å²) in [5, 5.41) is 5.70. The van der Waals surface area contributed by atoms with Crippen molar-refractivity contribution in [3.63, 3.8) is 0 Å². The van der Waals surface area contributed by atoms with Crippen LogP contribution in [0.5, 0.6) is 0 Å². The molecule has 1 aromatic carbocycles. The molecule has 0 bridgehead atoms. The maximum Gasteiger partial charge on any atom is 0.255 e. The van der Waals surface area contributed by atoms with Gasteiger partial charge in [-0.25, -0.2) is 0 Å². The number of aromatic nitrogens is 1. The zero-order valence-corrected chi connectivity index (χ0v) is 11.4. The van der Waals surface area contributed by atoms with Gasteiger partial charge in [0.05, 0.1) is 11.3 Å². The quantitative estimate of drug-likeness (QED) is 0.902. The van der Waals surface area contributed by atoms with Crippen molar-refractivity contribution in [3.8, 4) is 0 Å². The molecule has 2 aromatic rings. The van der Waals surface area contributed by atoms with Crippen LogP contribution in [0.4, 0.5) is 5.69 Å². The average Bonchev–Trinajstić information content (AvgIpc) is 3.32. The third kappa shape index (κ3) is 3.25. The van der Waals surface area contributed by atoms with Crippen molar-refractivity contribution in [2.45, 2.75) is 18.9 Å². The lowest BCUT2D eigenvalue weighted by molar-refractivity contribution is 0.0952. The molecule has 0 unspecified atom stereocenters. The van der Waals surface area contributed by atoms with E-state index in [1.165, 1.54) is 0 Å². The normalized spacial score (nSPS) is 13.5. The first-order chi connectivity index (χ1) is 10.2. The minimum Gasteiger partial charge on any atom is -0.349 e. The number of pyridine rings is 1. The molecule has 5 nitrogen and oxygen atoms in total. The molecule has 0 radical (unpaired) electrons. The lowest BCUT2D eigenvalue weighted by Crippen LogP contribution is -2.27. The minimum absolute atomic E-state index is 0.150. The number of hydrogen-bond acceptors (Lipinski definition) is 3. The SMILES string of the molecule is O=C(Nc1ccccc1C(=O)NC1CC1)c1ccncc1. The molecule has 106 valence electrons. The van der Waals surface area contributed by atoms with Crippen LogP contribution >= 0.6 is 0 Å². The van der Waals surface area contributed by atoms with E-state index in [2.05, 4.69) is 15.6 Å². The van der Waals surface area contributed by atoms with Crippen molar-refractivity contribution in [2.75, 3.05) is 5.32 Å². The number of benzene rings is 1. The average molecular weight is 281 g/mol. The highest BCUT2D eigenvalue weighted by Gasteiger charge is 2.25. The predicted molar refractivity (Wildman–Crippen MR) is 79.1 cm³/mol. The highest BCUT2D eigenvalue weighted by molar-refractivity contribution is 6.09. The summed E-state index contributed by atoms with van der Waals surface area (Å²) in [7, 11) is 0. The lowest BCUT2D eigenvalue weighted by atomic mass is 10.1. The number of anilines is 1. The molecule has 0 aliphatic heterocycles. The van der Waals surface area contributed by atoms with Crippen LogP contribution < -0.4 is 10.6 Å². The molecule has 1 saturated carbocycles. The lowest BCUT2D eigenvalue weighted by Gasteiger charge is -2.11. The molecule has 5 heteroatoms. The van der Waals surface area contributed by atoms with Crippen LogP contribution in [0.15, 0.2) is 48.8 Å². The molecule has 1 aromatic heterocycles. The largest absolute Gasteiger partial charge is 0.349 e. The summed E-state index contributed by atoms with van der Waals surface area (Å²) in [6.45, 7) is 0. The van der Waals surface area contributed by atoms with E-state index in [0.717, 1.165) is 12.8 Å². The number of hydrogen-bond donors (Lipinski definition) is 2. The topological polar surface area (TPSA) is 71.1 Å². The van der Waals surface area contributed by atoms with E-state index in [4.69, 9.17) is 0 Å². The van der Waals surface area contributed by atoms with Crippen LogP contribution in [0.1, 0.15) is 33.6 Å². The summed E-state index contributed by atoms with van der Waals surface area (Å²) in [6, 6.07) is 10.5. The molecule has 2 amide bonds. The second-order valence-corrected chi connectivity index (χ2v) is 4.98. The van der Waals surface area contributed by atoms with Crippen molar-refractivity contribution in [3.05, 3.63) is 59.9 Å². The van der Waals surface area contributed by atoms with Crippen LogP contribution in [-0.2, 0) is 0 Å². The summed E-state index contributed by atoms with van der Waals surface area (Å²) in [4.78, 5) is 28.2. The van der Waals surface area contributed by atoms with Gasteiger partial charge in [-0.2, -0.15) is 0 Å². The Morgan fingerprint density at radius 1 is 1.00 bits per heavy atom. The molecule has 1 fully saturated rings. The first kappa shape index (κ1) is 13.3. The van der Waals surface area contributed by atoms with Crippen LogP contribution in [0.3, 0.4) is 0 Å². The zero-order chi connectivity index (χ0) is 14.7. The number of nitrogens with zero attached hydrogens (tertiary/aromatic N) is 1. The summed E-state index contributed by atoms with van der Waals surface area (Å²) in [6.07, 6.45) is 5.16. The third-order valence-electron chi connectivity index (χ3n) is 3.27. The standard InChI is InChI=1S/C16H15N3O2/c20-15(11-7-9-17-10-8-11)19-14-4-2-1-3-13(14)16(21)18-12-5-6-12/h1-4,7-10,12H,5-6H2,(H,18,21)(H,19,20). The van der Waals surface area contributed by atoms with E-state index in [9.17, 15) is 9.59 Å². The second-order valence-electron chi connectivity index (χ2n) is 4.98. The number of carbonyl (C=O) groups is 2. The fourth-order valence-corrected chi connectivity index (χ4v) is 1.98. The van der Waals surface area contributed by atoms with Gasteiger partial charge in [-0.05, 0) is 37.1 Å². The molecule has 1 aliphatic rings. The first-order valence-corrected chi connectivity index (χ1v) is 6.85. The molecule has 21 heavy (non-hydrogen) atoms. The van der Waals surface area contributed by atoms with Crippen molar-refractivity contribution in [2.24, 2.45) is 0 Å². The van der Waals surface area contributed by atoms with E-state index in [0.29, 0.717) is 16.8 Å². The molecule has 0 spiro atoms. The molecule has 3 rings (SSSR count). The van der Waals surface area contributed by atoms with Crippen LogP contribution in [0, 0.1) is 0 Å². The van der Waals surface area contributed by atoms with Crippen molar-refractivity contribution < 1.29 is 9.59 Å². The van der Waals surface area contributed by atoms with Crippen molar-refractivity contribution in [1.82, 2.24) is 10.3 Å². The zero-order valence-electron chi connectivity index (χ0n) is 11.4. The van der Waals surface area contributed by atoms with Gasteiger partial charge in [0.2, 0.25) is 0 Å². The fourth-order valence-electron chi connectivity index (χ4n) is 1.98. The Kier molecular flexibility index (Phi) is 3.64. The summed E-state index contributed by atoms with van der Waals surface area (Å²) in [5.74, 6) is -0.410. The molecule has 0 atom stereocenters. The van der Waals surface area contributed by atoms with Gasteiger partial charge < -0.3 is 10.6 Å². The van der Waals surface area contributed by atoms with E-state index in [1.54, 1.807) is 48.8 Å². The maximum atomic E-state index is 12.2. The highest BCUT2D eigenvalue weighted by atomic mass is 16.2. The fraction of sp³-hybridized carbons (Fsp3) is 0.188. The molecule has 1 aliphatic carbocycles. The van der Waals surface area contributed by atoms with Gasteiger partial charge in [0.25, 0.3) is 11.8 Å². The van der Waals surface area contributed by atoms with E-state index < -0.39 is 0 Å². The molecule has 0 saturated heterocycles. The molecular weight excluding hydrogens is 266 g/mol. The highest BCUT2D eigenvalue weighted by Crippen LogP contribution is 2.21. The van der Waals surface area contributed by atoms with Crippen molar-refractivity contribution in [1.29, 1.82) is 0 Å². The number of rotatable bonds is 4. The van der Waals surface area contributed by atoms with Gasteiger partial charge in [-0.1, -0.05) is 12.1 Å². The van der Waals surface area contributed by atoms with Gasteiger partial charge >= 0.3 is 0 Å². The number of carbonyl (C=O) groups excluding carboxylic acids is 2. The van der Waals surface area contributed by atoms with Gasteiger partial charge in [0.15, 0.2) is 0 Å². The van der Waals surface area contributed by atoms with Crippen LogP contribution in [-0.4, -0.2) is 22.8 Å². The summed E-state index contributed by atoms with van der Waals surface area (Å²) in [5.41, 5.74) is 1.49. The number of amides is 2. The Morgan fingerprint density at radius 3 is 2.43 bits per heavy atom. The van der Waals surface area contributed by atoms with E-state index >= 15 is 0 Å². The van der Waals surface area contributed by atoms with Crippen LogP contribution in [0.2, 0.25) is 0 Å². The Hall–Kier alpha value is -2.69. The first-order valence-electron chi connectivity index (χ1n) is 6.85. The van der Waals surface area contributed by atoms with Crippen molar-refractivity contribution >= 4 is 17.5 Å². The monoisotopic (exact) mass is 281 g/mol. The second kappa shape index (κ2) is 5.75. The Morgan fingerprint density at radius 2 is 1.71 bits per heavy atom. The van der Waals surface area contributed by atoms with Crippen LogP contribution in [0.25, 0.3) is 0 Å². The summed E-state index contributed by atoms with van der Waals surface area (Å²) < 4.78 is 0. The van der Waals surface area contributed by atoms with Gasteiger partial charge in [0, 0.05) is 24.0 Å². The Labute approximate surface area is 122 Å². The smallest absolute Gasteiger partial charge is 0.255 e. The molecule has 2 N–H and O–H groups in total.